The molecule has 3 fully saturated rings. The van der Waals surface area contributed by atoms with E-state index >= 15 is 0 Å². The van der Waals surface area contributed by atoms with Gasteiger partial charge in [0.25, 0.3) is 0 Å². The average molecular weight is 328 g/mol. The van der Waals surface area contributed by atoms with Crippen LogP contribution < -0.4 is 0 Å². The van der Waals surface area contributed by atoms with Crippen LogP contribution in [0.5, 0.6) is 0 Å². The molecule has 0 heterocycles. The maximum atomic E-state index is 11.8. The number of carbonyl (C=O) groups is 1. The van der Waals surface area contributed by atoms with Crippen LogP contribution in [0.1, 0.15) is 65.2 Å². The maximum absolute atomic E-state index is 11.8. The van der Waals surface area contributed by atoms with E-state index in [1.807, 2.05) is 12.2 Å². The highest BCUT2D eigenvalue weighted by atomic mass is 16.3. The molecular weight excluding hydrogens is 296 g/mol. The highest BCUT2D eigenvalue weighted by Gasteiger charge is 2.63. The number of fused-ring (bicyclic) bond motifs is 5. The summed E-state index contributed by atoms with van der Waals surface area (Å²) in [5, 5.41) is 11.5. The van der Waals surface area contributed by atoms with Crippen molar-refractivity contribution in [3.8, 4) is 0 Å². The Balaban J connectivity index is 1.64. The summed E-state index contributed by atoms with van der Waals surface area (Å²) >= 11 is 0. The van der Waals surface area contributed by atoms with E-state index in [4.69, 9.17) is 0 Å². The van der Waals surface area contributed by atoms with Gasteiger partial charge >= 0.3 is 0 Å². The predicted molar refractivity (Wildman–Crippen MR) is 96.4 cm³/mol. The lowest BCUT2D eigenvalue weighted by Gasteiger charge is -2.56. The zero-order valence-corrected chi connectivity index (χ0v) is 15.3. The fourth-order valence-corrected chi connectivity index (χ4v) is 7.17. The van der Waals surface area contributed by atoms with E-state index in [1.165, 1.54) is 18.4 Å². The third kappa shape index (κ3) is 2.08. The first-order chi connectivity index (χ1) is 11.4. The van der Waals surface area contributed by atoms with Gasteiger partial charge in [-0.1, -0.05) is 25.5 Å². The van der Waals surface area contributed by atoms with Gasteiger partial charge in [0.05, 0.1) is 5.60 Å². The summed E-state index contributed by atoms with van der Waals surface area (Å²) in [5.41, 5.74) is 0.903. The summed E-state index contributed by atoms with van der Waals surface area (Å²) < 4.78 is 0. The zero-order valence-electron chi connectivity index (χ0n) is 15.3. The minimum atomic E-state index is -0.580. The SMILES string of the molecule is C=CC(C)C1(O)CCC2C3CCC4=CC(=O)CCC4C3CCC21C. The van der Waals surface area contributed by atoms with Crippen molar-refractivity contribution in [3.63, 3.8) is 0 Å². The Morgan fingerprint density at radius 2 is 2.00 bits per heavy atom. The molecule has 2 heteroatoms. The Bertz CT molecular complexity index is 591. The summed E-state index contributed by atoms with van der Waals surface area (Å²) in [4.78, 5) is 11.8. The Kier molecular flexibility index (Phi) is 3.84. The monoisotopic (exact) mass is 328 g/mol. The van der Waals surface area contributed by atoms with Crippen LogP contribution in [0.3, 0.4) is 0 Å². The minimum absolute atomic E-state index is 0.0352. The Hall–Kier alpha value is -0.890. The van der Waals surface area contributed by atoms with Crippen molar-refractivity contribution >= 4 is 5.78 Å². The number of aliphatic hydroxyl groups is 1. The standard InChI is InChI=1S/C22H32O2/c1-4-14(2)22(24)12-10-20-19-7-5-15-13-16(23)6-8-17(15)18(19)9-11-21(20,22)3/h4,13-14,17-20,24H,1,5-12H2,2-3H3. The lowest BCUT2D eigenvalue weighted by atomic mass is 9.49. The molecule has 0 amide bonds. The average Bonchev–Trinajstić information content (AvgIpc) is 2.86. The number of carbonyl (C=O) groups excluding carboxylic acids is 1. The van der Waals surface area contributed by atoms with Gasteiger partial charge < -0.3 is 5.11 Å². The van der Waals surface area contributed by atoms with E-state index in [0.29, 0.717) is 17.6 Å². The van der Waals surface area contributed by atoms with E-state index in [1.54, 1.807) is 0 Å². The van der Waals surface area contributed by atoms with Crippen LogP contribution in [0, 0.1) is 35.0 Å². The Labute approximate surface area is 146 Å². The van der Waals surface area contributed by atoms with Gasteiger partial charge in [0.15, 0.2) is 5.78 Å². The molecule has 24 heavy (non-hydrogen) atoms. The smallest absolute Gasteiger partial charge is 0.155 e. The van der Waals surface area contributed by atoms with E-state index in [9.17, 15) is 9.90 Å². The summed E-state index contributed by atoms with van der Waals surface area (Å²) in [6, 6.07) is 0. The van der Waals surface area contributed by atoms with E-state index in [2.05, 4.69) is 20.4 Å². The molecule has 7 atom stereocenters. The molecule has 0 aromatic heterocycles. The first kappa shape index (κ1) is 16.6. The molecule has 0 aromatic carbocycles. The second kappa shape index (κ2) is 5.56. The number of allylic oxidation sites excluding steroid dienone is 1. The number of hydrogen-bond acceptors (Lipinski definition) is 2. The molecule has 0 radical (unpaired) electrons. The van der Waals surface area contributed by atoms with Crippen LogP contribution in [0.2, 0.25) is 0 Å². The summed E-state index contributed by atoms with van der Waals surface area (Å²) in [6.45, 7) is 8.46. The van der Waals surface area contributed by atoms with Crippen LogP contribution >= 0.6 is 0 Å². The molecule has 7 unspecified atom stereocenters. The molecule has 0 saturated heterocycles. The molecule has 0 aromatic rings. The number of ketones is 1. The highest BCUT2D eigenvalue weighted by molar-refractivity contribution is 5.91. The molecule has 1 N–H and O–H groups in total. The van der Waals surface area contributed by atoms with Gasteiger partial charge in [0, 0.05) is 12.3 Å². The second-order valence-electron chi connectivity index (χ2n) is 9.25. The van der Waals surface area contributed by atoms with Gasteiger partial charge in [-0.3, -0.25) is 4.79 Å². The normalized spacial score (nSPS) is 48.8. The van der Waals surface area contributed by atoms with Crippen LogP contribution in [-0.4, -0.2) is 16.5 Å². The largest absolute Gasteiger partial charge is 0.389 e. The maximum Gasteiger partial charge on any atom is 0.155 e. The third-order valence-corrected chi connectivity index (χ3v) is 8.62. The molecule has 132 valence electrons. The Morgan fingerprint density at radius 3 is 2.75 bits per heavy atom. The van der Waals surface area contributed by atoms with Gasteiger partial charge in [-0.05, 0) is 80.1 Å². The van der Waals surface area contributed by atoms with Gasteiger partial charge in [0.1, 0.15) is 0 Å². The fraction of sp³-hybridized carbons (Fsp3) is 0.773. The van der Waals surface area contributed by atoms with Crippen molar-refractivity contribution in [2.24, 2.45) is 35.0 Å². The molecule has 0 bridgehead atoms. The molecule has 0 spiro atoms. The van der Waals surface area contributed by atoms with Gasteiger partial charge in [-0.2, -0.15) is 0 Å². The molecule has 3 saturated carbocycles. The summed E-state index contributed by atoms with van der Waals surface area (Å²) in [7, 11) is 0. The van der Waals surface area contributed by atoms with Crippen molar-refractivity contribution in [3.05, 3.63) is 24.3 Å². The van der Waals surface area contributed by atoms with Crippen molar-refractivity contribution in [2.45, 2.75) is 70.8 Å². The first-order valence-electron chi connectivity index (χ1n) is 9.99. The van der Waals surface area contributed by atoms with Crippen molar-refractivity contribution < 1.29 is 9.90 Å². The Morgan fingerprint density at radius 1 is 1.21 bits per heavy atom. The molecule has 0 aliphatic heterocycles. The molecule has 4 aliphatic carbocycles. The predicted octanol–water partition coefficient (Wildman–Crippen LogP) is 4.68. The van der Waals surface area contributed by atoms with Gasteiger partial charge in [-0.25, -0.2) is 0 Å². The summed E-state index contributed by atoms with van der Waals surface area (Å²) in [5.74, 6) is 3.29. The van der Waals surface area contributed by atoms with Crippen molar-refractivity contribution in [2.75, 3.05) is 0 Å². The van der Waals surface area contributed by atoms with Gasteiger partial charge in [0.2, 0.25) is 0 Å². The summed E-state index contributed by atoms with van der Waals surface area (Å²) in [6.07, 6.45) is 12.5. The van der Waals surface area contributed by atoms with Gasteiger partial charge in [-0.15, -0.1) is 6.58 Å². The second-order valence-corrected chi connectivity index (χ2v) is 9.25. The molecular formula is C22H32O2. The quantitative estimate of drug-likeness (QED) is 0.747. The van der Waals surface area contributed by atoms with E-state index in [-0.39, 0.29) is 11.3 Å². The van der Waals surface area contributed by atoms with Crippen LogP contribution in [0.15, 0.2) is 24.3 Å². The van der Waals surface area contributed by atoms with Crippen molar-refractivity contribution in [1.29, 1.82) is 0 Å². The molecule has 4 rings (SSSR count). The lowest BCUT2D eigenvalue weighted by Crippen LogP contribution is -2.55. The zero-order chi connectivity index (χ0) is 17.1. The fourth-order valence-electron chi connectivity index (χ4n) is 7.17. The van der Waals surface area contributed by atoms with E-state index < -0.39 is 5.60 Å². The highest BCUT2D eigenvalue weighted by Crippen LogP contribution is 2.66. The molecule has 4 aliphatic rings. The van der Waals surface area contributed by atoms with Crippen molar-refractivity contribution in [1.82, 2.24) is 0 Å². The number of hydrogen-bond donors (Lipinski definition) is 1. The topological polar surface area (TPSA) is 37.3 Å². The lowest BCUT2D eigenvalue weighted by molar-refractivity contribution is -0.136. The molecule has 2 nitrogen and oxygen atoms in total. The van der Waals surface area contributed by atoms with Crippen LogP contribution in [-0.2, 0) is 4.79 Å². The first-order valence-corrected chi connectivity index (χ1v) is 9.99. The third-order valence-electron chi connectivity index (χ3n) is 8.62. The minimum Gasteiger partial charge on any atom is -0.389 e. The van der Waals surface area contributed by atoms with Crippen LogP contribution in [0.4, 0.5) is 0 Å². The number of rotatable bonds is 2. The van der Waals surface area contributed by atoms with E-state index in [0.717, 1.165) is 50.4 Å². The van der Waals surface area contributed by atoms with Crippen LogP contribution in [0.25, 0.3) is 0 Å².